The number of piperazine rings is 1. The number of nitrogens with zero attached hydrogens (tertiary/aromatic N) is 6. The maximum atomic E-state index is 12.1. The molecule has 1 atom stereocenters. The summed E-state index contributed by atoms with van der Waals surface area (Å²) < 4.78 is 5.55. The number of carbonyl (C=O) groups excluding carboxylic acids is 1. The van der Waals surface area contributed by atoms with Gasteiger partial charge in [-0.2, -0.15) is 0 Å². The second-order valence-corrected chi connectivity index (χ2v) is 8.51. The molecular weight excluding hydrogens is 388 g/mol. The molecule has 0 saturated carbocycles. The lowest BCUT2D eigenvalue weighted by atomic mass is 10.1. The Labute approximate surface area is 175 Å². The average Bonchev–Trinajstić information content (AvgIpc) is 3.29. The Kier molecular flexibility index (Phi) is 6.27. The minimum Gasteiger partial charge on any atom is -0.379 e. The van der Waals surface area contributed by atoms with Crippen LogP contribution in [0.15, 0.2) is 29.9 Å². The van der Waals surface area contributed by atoms with E-state index in [9.17, 15) is 4.79 Å². The van der Waals surface area contributed by atoms with Crippen LogP contribution < -0.4 is 9.80 Å². The Morgan fingerprint density at radius 2 is 2.07 bits per heavy atom. The molecule has 2 aliphatic heterocycles. The van der Waals surface area contributed by atoms with E-state index in [2.05, 4.69) is 44.3 Å². The van der Waals surface area contributed by atoms with Crippen molar-refractivity contribution in [1.29, 1.82) is 0 Å². The summed E-state index contributed by atoms with van der Waals surface area (Å²) in [4.78, 5) is 30.8. The van der Waals surface area contributed by atoms with Gasteiger partial charge < -0.3 is 19.4 Å². The summed E-state index contributed by atoms with van der Waals surface area (Å²) >= 11 is 1.80. The number of morpholine rings is 1. The number of likely N-dealkylation sites (N-methyl/N-ethyl adjacent to an activating group) is 2. The second-order valence-electron chi connectivity index (χ2n) is 7.53. The van der Waals surface area contributed by atoms with Gasteiger partial charge in [0.2, 0.25) is 5.91 Å². The fourth-order valence-electron chi connectivity index (χ4n) is 3.78. The zero-order chi connectivity index (χ0) is 20.2. The molecule has 156 valence electrons. The molecule has 1 unspecified atom stereocenters. The summed E-state index contributed by atoms with van der Waals surface area (Å²) in [6.07, 6.45) is 1.60. The molecule has 9 heteroatoms. The van der Waals surface area contributed by atoms with E-state index in [0.29, 0.717) is 19.1 Å². The molecular formula is C20H28N6O2S. The van der Waals surface area contributed by atoms with Gasteiger partial charge in [0, 0.05) is 57.8 Å². The van der Waals surface area contributed by atoms with E-state index in [0.717, 1.165) is 51.0 Å². The highest BCUT2D eigenvalue weighted by Crippen LogP contribution is 2.28. The minimum absolute atomic E-state index is 0.120. The Morgan fingerprint density at radius 3 is 2.79 bits per heavy atom. The van der Waals surface area contributed by atoms with Gasteiger partial charge in [-0.15, -0.1) is 11.3 Å². The van der Waals surface area contributed by atoms with Crippen LogP contribution in [0.1, 0.15) is 10.9 Å². The fraction of sp³-hybridized carbons (Fsp3) is 0.550. The summed E-state index contributed by atoms with van der Waals surface area (Å²) in [5, 5.41) is 2.13. The summed E-state index contributed by atoms with van der Waals surface area (Å²) in [6.45, 7) is 6.13. The van der Waals surface area contributed by atoms with Crippen molar-refractivity contribution in [2.24, 2.45) is 0 Å². The van der Waals surface area contributed by atoms with Crippen LogP contribution in [-0.2, 0) is 9.53 Å². The van der Waals surface area contributed by atoms with Gasteiger partial charge in [-0.05, 0) is 11.4 Å². The molecule has 2 fully saturated rings. The van der Waals surface area contributed by atoms with Crippen LogP contribution in [0.3, 0.4) is 0 Å². The molecule has 1 amide bonds. The molecule has 8 nitrogen and oxygen atoms in total. The first-order valence-corrected chi connectivity index (χ1v) is 10.9. The topological polar surface area (TPSA) is 65.0 Å². The smallest absolute Gasteiger partial charge is 0.241 e. The predicted molar refractivity (Wildman–Crippen MR) is 115 cm³/mol. The van der Waals surface area contributed by atoms with E-state index in [1.54, 1.807) is 22.6 Å². The molecule has 0 aromatic carbocycles. The van der Waals surface area contributed by atoms with E-state index < -0.39 is 0 Å². The monoisotopic (exact) mass is 416 g/mol. The number of ether oxygens (including phenoxy) is 1. The largest absolute Gasteiger partial charge is 0.379 e. The van der Waals surface area contributed by atoms with Gasteiger partial charge in [0.15, 0.2) is 0 Å². The van der Waals surface area contributed by atoms with Crippen molar-refractivity contribution < 1.29 is 9.53 Å². The first-order valence-electron chi connectivity index (χ1n) is 9.99. The normalized spacial score (nSPS) is 19.4. The Balaban J connectivity index is 1.49. The highest BCUT2D eigenvalue weighted by molar-refractivity contribution is 7.10. The number of thiophene rings is 1. The molecule has 29 heavy (non-hydrogen) atoms. The Hall–Kier alpha value is -2.23. The third kappa shape index (κ3) is 4.68. The Bertz CT molecular complexity index is 811. The van der Waals surface area contributed by atoms with Crippen LogP contribution in [0.25, 0.3) is 0 Å². The molecule has 4 rings (SSSR count). The van der Waals surface area contributed by atoms with E-state index in [1.165, 1.54) is 4.88 Å². The van der Waals surface area contributed by atoms with E-state index in [4.69, 9.17) is 4.74 Å². The van der Waals surface area contributed by atoms with Crippen molar-refractivity contribution >= 4 is 28.9 Å². The van der Waals surface area contributed by atoms with Crippen molar-refractivity contribution in [1.82, 2.24) is 19.8 Å². The van der Waals surface area contributed by atoms with E-state index >= 15 is 0 Å². The van der Waals surface area contributed by atoms with Crippen molar-refractivity contribution in [2.45, 2.75) is 6.04 Å². The molecule has 2 aromatic heterocycles. The van der Waals surface area contributed by atoms with Crippen molar-refractivity contribution in [2.75, 3.05) is 76.4 Å². The summed E-state index contributed by atoms with van der Waals surface area (Å²) in [6, 6.07) is 6.61. The van der Waals surface area contributed by atoms with Gasteiger partial charge in [0.25, 0.3) is 0 Å². The number of aromatic nitrogens is 2. The number of hydrogen-bond donors (Lipinski definition) is 0. The van der Waals surface area contributed by atoms with Gasteiger partial charge in [-0.1, -0.05) is 6.07 Å². The summed E-state index contributed by atoms with van der Waals surface area (Å²) in [5.41, 5.74) is 0. The van der Waals surface area contributed by atoms with Gasteiger partial charge in [-0.3, -0.25) is 9.69 Å². The van der Waals surface area contributed by atoms with Crippen molar-refractivity contribution in [3.05, 3.63) is 34.8 Å². The molecule has 0 aliphatic carbocycles. The fourth-order valence-corrected chi connectivity index (χ4v) is 4.63. The molecule has 2 aromatic rings. The lowest BCUT2D eigenvalue weighted by Gasteiger charge is -2.36. The molecule has 0 bridgehead atoms. The maximum Gasteiger partial charge on any atom is 0.241 e. The zero-order valence-electron chi connectivity index (χ0n) is 17.0. The second kappa shape index (κ2) is 9.06. The zero-order valence-corrected chi connectivity index (χ0v) is 17.8. The van der Waals surface area contributed by atoms with Crippen LogP contribution in [0.5, 0.6) is 0 Å². The summed E-state index contributed by atoms with van der Waals surface area (Å²) in [7, 11) is 3.91. The minimum atomic E-state index is 0.120. The highest BCUT2D eigenvalue weighted by atomic mass is 32.1. The van der Waals surface area contributed by atoms with Crippen molar-refractivity contribution in [3.63, 3.8) is 0 Å². The van der Waals surface area contributed by atoms with Crippen LogP contribution in [0.4, 0.5) is 11.6 Å². The quantitative estimate of drug-likeness (QED) is 0.704. The van der Waals surface area contributed by atoms with Crippen LogP contribution in [0.2, 0.25) is 0 Å². The number of rotatable bonds is 6. The SMILES string of the molecule is CN1CCN(c2cc(N(C)CC(c3cccs3)N3CCOCC3)ncn2)CC1=O. The standard InChI is InChI=1S/C20H28N6O2S/c1-23-5-6-26(14-20(23)27)19-12-18(21-15-22-19)24(2)13-16(17-4-3-11-29-17)25-7-9-28-10-8-25/h3-4,11-12,15-16H,5-10,13-14H2,1-2H3. The van der Waals surface area contributed by atoms with Gasteiger partial charge in [-0.25, -0.2) is 9.97 Å². The molecule has 0 N–H and O–H groups in total. The van der Waals surface area contributed by atoms with E-state index in [-0.39, 0.29) is 5.91 Å². The average molecular weight is 417 g/mol. The number of amides is 1. The molecule has 0 spiro atoms. The van der Waals surface area contributed by atoms with Crippen LogP contribution in [-0.4, -0.2) is 92.3 Å². The van der Waals surface area contributed by atoms with Crippen LogP contribution in [0, 0.1) is 0 Å². The van der Waals surface area contributed by atoms with Crippen LogP contribution >= 0.6 is 11.3 Å². The first kappa shape index (κ1) is 20.1. The van der Waals surface area contributed by atoms with Gasteiger partial charge in [0.05, 0.1) is 25.8 Å². The number of carbonyl (C=O) groups is 1. The van der Waals surface area contributed by atoms with E-state index in [1.807, 2.05) is 18.0 Å². The predicted octanol–water partition coefficient (Wildman–Crippen LogP) is 1.33. The molecule has 4 heterocycles. The third-order valence-corrected chi connectivity index (χ3v) is 6.59. The molecule has 2 aliphatic rings. The lowest BCUT2D eigenvalue weighted by Crippen LogP contribution is -2.48. The number of hydrogen-bond acceptors (Lipinski definition) is 8. The molecule has 0 radical (unpaired) electrons. The lowest BCUT2D eigenvalue weighted by molar-refractivity contribution is -0.129. The summed E-state index contributed by atoms with van der Waals surface area (Å²) in [5.74, 6) is 1.80. The van der Waals surface area contributed by atoms with Gasteiger partial charge >= 0.3 is 0 Å². The Morgan fingerprint density at radius 1 is 1.24 bits per heavy atom. The number of anilines is 2. The van der Waals surface area contributed by atoms with Gasteiger partial charge in [0.1, 0.15) is 18.0 Å². The van der Waals surface area contributed by atoms with Crippen molar-refractivity contribution in [3.8, 4) is 0 Å². The molecule has 2 saturated heterocycles. The highest BCUT2D eigenvalue weighted by Gasteiger charge is 2.26. The first-order chi connectivity index (χ1) is 14.1. The maximum absolute atomic E-state index is 12.1. The third-order valence-electron chi connectivity index (χ3n) is 5.62.